The van der Waals surface area contributed by atoms with Gasteiger partial charge in [0.25, 0.3) is 0 Å². The molecule has 0 saturated heterocycles. The molecule has 3 heteroatoms. The summed E-state index contributed by atoms with van der Waals surface area (Å²) in [7, 11) is 2.09. The molecule has 0 radical (unpaired) electrons. The summed E-state index contributed by atoms with van der Waals surface area (Å²) in [5, 5.41) is 7.76. The number of nitrogens with one attached hydrogen (secondary N) is 1. The molecule has 2 aliphatic rings. The first kappa shape index (κ1) is 26.3. The maximum absolute atomic E-state index is 4.43. The van der Waals surface area contributed by atoms with Crippen LogP contribution in [0.3, 0.4) is 0 Å². The Hall–Kier alpha value is -3.56. The molecule has 7 rings (SSSR count). The van der Waals surface area contributed by atoms with Crippen LogP contribution in [0, 0.1) is 0 Å². The number of hydrogen-bond acceptors (Lipinski definition) is 1. The van der Waals surface area contributed by atoms with Gasteiger partial charge >= 0.3 is 0 Å². The normalized spacial score (nSPS) is 23.0. The summed E-state index contributed by atoms with van der Waals surface area (Å²) in [6, 6.07) is 20.5. The van der Waals surface area contributed by atoms with Crippen molar-refractivity contribution < 1.29 is 0 Å². The van der Waals surface area contributed by atoms with Crippen LogP contribution < -0.4 is 5.32 Å². The number of aryl methyl sites for hydroxylation is 1. The molecule has 210 valence electrons. The number of hydrogen-bond donors (Lipinski definition) is 1. The first-order valence-electron chi connectivity index (χ1n) is 15.6. The van der Waals surface area contributed by atoms with Gasteiger partial charge in [-0.1, -0.05) is 87.2 Å². The molecule has 3 aromatic carbocycles. The largest absolute Gasteiger partial charge is 0.339 e. The van der Waals surface area contributed by atoms with E-state index in [9.17, 15) is 0 Å². The van der Waals surface area contributed by atoms with E-state index >= 15 is 0 Å². The topological polar surface area (TPSA) is 21.9 Å². The average molecular weight is 542 g/mol. The van der Waals surface area contributed by atoms with Gasteiger partial charge < -0.3 is 14.5 Å². The van der Waals surface area contributed by atoms with Crippen molar-refractivity contribution in [3.8, 4) is 0 Å². The SMILES string of the molecule is C=Cc1c(C(C)NC)c2c3c(n4c2c2c1c1ccccc1n2CCC(c1ccccc1)C[C@]4(C)CC)C(C)CC=C3. The zero-order valence-corrected chi connectivity index (χ0v) is 25.3. The molecule has 1 N–H and O–H groups in total. The number of rotatable bonds is 5. The van der Waals surface area contributed by atoms with Crippen LogP contribution in [0.15, 0.2) is 67.3 Å². The Kier molecular flexibility index (Phi) is 6.28. The van der Waals surface area contributed by atoms with Crippen molar-refractivity contribution in [2.24, 2.45) is 0 Å². The third-order valence-electron chi connectivity index (χ3n) is 10.5. The van der Waals surface area contributed by atoms with Crippen LogP contribution in [-0.2, 0) is 12.1 Å². The van der Waals surface area contributed by atoms with Crippen LogP contribution >= 0.6 is 0 Å². The van der Waals surface area contributed by atoms with E-state index in [1.54, 1.807) is 0 Å². The van der Waals surface area contributed by atoms with E-state index in [0.717, 1.165) is 32.2 Å². The molecule has 0 fully saturated rings. The van der Waals surface area contributed by atoms with Crippen molar-refractivity contribution in [3.63, 3.8) is 0 Å². The predicted molar refractivity (Wildman–Crippen MR) is 177 cm³/mol. The highest BCUT2D eigenvalue weighted by atomic mass is 15.1. The van der Waals surface area contributed by atoms with E-state index in [0.29, 0.717) is 11.8 Å². The summed E-state index contributed by atoms with van der Waals surface area (Å²) in [4.78, 5) is 0. The molecule has 1 aliphatic heterocycles. The Morgan fingerprint density at radius 1 is 1.07 bits per heavy atom. The Bertz CT molecular complexity index is 1830. The highest BCUT2D eigenvalue weighted by molar-refractivity contribution is 6.23. The highest BCUT2D eigenvalue weighted by Crippen LogP contribution is 2.52. The van der Waals surface area contributed by atoms with E-state index in [-0.39, 0.29) is 11.6 Å². The third kappa shape index (κ3) is 3.68. The second-order valence-corrected chi connectivity index (χ2v) is 12.8. The minimum Gasteiger partial charge on any atom is -0.339 e. The lowest BCUT2D eigenvalue weighted by atomic mass is 9.80. The quantitative estimate of drug-likeness (QED) is 0.235. The number of benzene rings is 3. The van der Waals surface area contributed by atoms with Gasteiger partial charge in [0.15, 0.2) is 0 Å². The van der Waals surface area contributed by atoms with Gasteiger partial charge in [-0.05, 0) is 75.3 Å². The molecule has 0 bridgehead atoms. The van der Waals surface area contributed by atoms with Gasteiger partial charge in [0.05, 0.1) is 11.0 Å². The first-order valence-corrected chi connectivity index (χ1v) is 15.6. The van der Waals surface area contributed by atoms with Gasteiger partial charge in [0.1, 0.15) is 0 Å². The maximum Gasteiger partial charge on any atom is 0.0745 e. The Labute approximate surface area is 244 Å². The minimum atomic E-state index is -0.0276. The average Bonchev–Trinajstić information content (AvgIpc) is 3.54. The molecular weight excluding hydrogens is 498 g/mol. The summed E-state index contributed by atoms with van der Waals surface area (Å²) in [5.41, 5.74) is 11.2. The number of fused-ring (bicyclic) bond motifs is 6. The number of aromatic nitrogens is 2. The van der Waals surface area contributed by atoms with Crippen LogP contribution in [0.2, 0.25) is 0 Å². The van der Waals surface area contributed by atoms with Gasteiger partial charge in [-0.25, -0.2) is 0 Å². The standard InChI is InChI=1S/C38H43N3/c1-7-28-32(25(4)39-6)34-30-19-14-15-24(3)35(30)41-37(34)36-33(28)29-18-12-13-20-31(29)40(36)22-21-27(23-38(41,5)8-2)26-16-10-9-11-17-26/h7,9-14,16-20,24-25,27,39H,1,8,15,21-23H2,2-6H3/t24?,25?,27?,38-/m0/s1. The fraction of sp³-hybridized carbons (Fsp3) is 0.368. The van der Waals surface area contributed by atoms with Gasteiger partial charge in [0.2, 0.25) is 0 Å². The summed E-state index contributed by atoms with van der Waals surface area (Å²) in [5.74, 6) is 0.936. The van der Waals surface area contributed by atoms with Gasteiger partial charge in [-0.15, -0.1) is 0 Å². The lowest BCUT2D eigenvalue weighted by molar-refractivity contribution is 0.253. The molecule has 2 aromatic heterocycles. The van der Waals surface area contributed by atoms with Crippen LogP contribution in [0.5, 0.6) is 0 Å². The third-order valence-corrected chi connectivity index (χ3v) is 10.5. The Balaban J connectivity index is 1.75. The molecule has 3 heterocycles. The molecule has 5 aromatic rings. The zero-order valence-electron chi connectivity index (χ0n) is 25.3. The van der Waals surface area contributed by atoms with Crippen molar-refractivity contribution in [1.29, 1.82) is 0 Å². The smallest absolute Gasteiger partial charge is 0.0745 e. The molecule has 0 amide bonds. The fourth-order valence-corrected chi connectivity index (χ4v) is 8.27. The molecule has 3 unspecified atom stereocenters. The monoisotopic (exact) mass is 541 g/mol. The number of allylic oxidation sites excluding steroid dienone is 1. The second-order valence-electron chi connectivity index (χ2n) is 12.8. The van der Waals surface area contributed by atoms with E-state index in [1.807, 2.05) is 0 Å². The first-order chi connectivity index (χ1) is 19.9. The molecule has 0 saturated carbocycles. The zero-order chi connectivity index (χ0) is 28.5. The lowest BCUT2D eigenvalue weighted by Gasteiger charge is -2.38. The van der Waals surface area contributed by atoms with Crippen LogP contribution in [0.4, 0.5) is 0 Å². The van der Waals surface area contributed by atoms with Crippen molar-refractivity contribution in [3.05, 3.63) is 95.2 Å². The molecular formula is C38H43N3. The summed E-state index contributed by atoms with van der Waals surface area (Å²) in [6.07, 6.45) is 11.4. The van der Waals surface area contributed by atoms with E-state index in [2.05, 4.69) is 129 Å². The molecule has 1 aliphatic carbocycles. The van der Waals surface area contributed by atoms with E-state index in [1.165, 1.54) is 60.7 Å². The second kappa shape index (κ2) is 9.77. The minimum absolute atomic E-state index is 0.0276. The van der Waals surface area contributed by atoms with Crippen molar-refractivity contribution in [2.75, 3.05) is 7.05 Å². The van der Waals surface area contributed by atoms with Crippen molar-refractivity contribution in [1.82, 2.24) is 14.5 Å². The highest BCUT2D eigenvalue weighted by Gasteiger charge is 2.39. The predicted octanol–water partition coefficient (Wildman–Crippen LogP) is 9.90. The van der Waals surface area contributed by atoms with Gasteiger partial charge in [-0.2, -0.15) is 0 Å². The Morgan fingerprint density at radius 2 is 1.83 bits per heavy atom. The van der Waals surface area contributed by atoms with Crippen LogP contribution in [0.1, 0.15) is 99.2 Å². The number of para-hydroxylation sites is 1. The summed E-state index contributed by atoms with van der Waals surface area (Å²) in [6.45, 7) is 15.1. The summed E-state index contributed by atoms with van der Waals surface area (Å²) < 4.78 is 5.52. The molecule has 4 atom stereocenters. The van der Waals surface area contributed by atoms with Crippen molar-refractivity contribution >= 4 is 44.9 Å². The lowest BCUT2D eigenvalue weighted by Crippen LogP contribution is -2.33. The maximum atomic E-state index is 4.43. The van der Waals surface area contributed by atoms with Crippen LogP contribution in [0.25, 0.3) is 44.9 Å². The van der Waals surface area contributed by atoms with Crippen LogP contribution in [-0.4, -0.2) is 16.2 Å². The fourth-order valence-electron chi connectivity index (χ4n) is 8.27. The Morgan fingerprint density at radius 3 is 2.56 bits per heavy atom. The van der Waals surface area contributed by atoms with E-state index < -0.39 is 0 Å². The van der Waals surface area contributed by atoms with Crippen molar-refractivity contribution in [2.45, 2.75) is 83.3 Å². The molecule has 41 heavy (non-hydrogen) atoms. The number of nitrogens with zero attached hydrogens (tertiary/aromatic N) is 2. The molecule has 0 spiro atoms. The molecule has 3 nitrogen and oxygen atoms in total. The van der Waals surface area contributed by atoms with Gasteiger partial charge in [-0.3, -0.25) is 0 Å². The van der Waals surface area contributed by atoms with Gasteiger partial charge in [0, 0.05) is 57.0 Å². The van der Waals surface area contributed by atoms with E-state index in [4.69, 9.17) is 0 Å². The summed E-state index contributed by atoms with van der Waals surface area (Å²) >= 11 is 0.